The number of rotatable bonds is 10. The normalized spacial score (nSPS) is 12.0. The smallest absolute Gasteiger partial charge is 0.319 e. The van der Waals surface area contributed by atoms with E-state index in [1.807, 2.05) is 0 Å². The number of terminal acetylenes is 1. The Morgan fingerprint density at radius 2 is 1.81 bits per heavy atom. The van der Waals surface area contributed by atoms with Gasteiger partial charge in [0.25, 0.3) is 0 Å². The summed E-state index contributed by atoms with van der Waals surface area (Å²) in [4.78, 5) is 9.70. The molecule has 0 aromatic rings. The monoisotopic (exact) mass is 294 g/mol. The van der Waals surface area contributed by atoms with E-state index >= 15 is 0 Å². The Bertz CT molecular complexity index is 226. The van der Waals surface area contributed by atoms with Crippen LogP contribution in [0.25, 0.3) is 0 Å². The lowest BCUT2D eigenvalue weighted by atomic mass is 10.5. The molecule has 1 N–H and O–H groups in total. The summed E-state index contributed by atoms with van der Waals surface area (Å²) in [6, 6.07) is 0. The highest BCUT2D eigenvalue weighted by Crippen LogP contribution is 1.99. The second kappa shape index (κ2) is 10.9. The fourth-order valence-electron chi connectivity index (χ4n) is 0.727. The summed E-state index contributed by atoms with van der Waals surface area (Å²) < 4.78 is 15.2. The Hall–Kier alpha value is -0.610. The van der Waals surface area contributed by atoms with E-state index in [1.54, 1.807) is 0 Å². The predicted molar refractivity (Wildman–Crippen MR) is 61.6 cm³/mol. The molecule has 0 rings (SSSR count). The third kappa shape index (κ3) is 9.93. The molecule has 0 aromatic carbocycles. The maximum Gasteiger partial charge on any atom is 0.319 e. The average molecular weight is 295 g/mol. The van der Waals surface area contributed by atoms with Gasteiger partial charge in [-0.1, -0.05) is 21.9 Å². The Morgan fingerprint density at radius 1 is 1.25 bits per heavy atom. The van der Waals surface area contributed by atoms with Gasteiger partial charge in [-0.05, 0) is 0 Å². The molecule has 1 atom stereocenters. The number of aliphatic carboxylic acids is 1. The number of carboxylic acids is 1. The van der Waals surface area contributed by atoms with Gasteiger partial charge in [0.1, 0.15) is 11.4 Å². The SMILES string of the molecule is C#CCOCCOCCOCC(Br)C(=O)O. The highest BCUT2D eigenvalue weighted by Gasteiger charge is 2.12. The van der Waals surface area contributed by atoms with Gasteiger partial charge in [-0.25, -0.2) is 0 Å². The highest BCUT2D eigenvalue weighted by atomic mass is 79.9. The fourth-order valence-corrected chi connectivity index (χ4v) is 0.914. The minimum Gasteiger partial charge on any atom is -0.480 e. The van der Waals surface area contributed by atoms with Gasteiger partial charge >= 0.3 is 5.97 Å². The van der Waals surface area contributed by atoms with Crippen LogP contribution in [0.4, 0.5) is 0 Å². The maximum absolute atomic E-state index is 10.4. The summed E-state index contributed by atoms with van der Waals surface area (Å²) in [7, 11) is 0. The Morgan fingerprint density at radius 3 is 2.38 bits per heavy atom. The van der Waals surface area contributed by atoms with Crippen molar-refractivity contribution in [2.45, 2.75) is 4.83 Å². The lowest BCUT2D eigenvalue weighted by Crippen LogP contribution is -2.20. The molecule has 0 fully saturated rings. The molecule has 0 bridgehead atoms. The molecule has 92 valence electrons. The minimum atomic E-state index is -0.941. The highest BCUT2D eigenvalue weighted by molar-refractivity contribution is 9.10. The van der Waals surface area contributed by atoms with E-state index in [-0.39, 0.29) is 13.2 Å². The van der Waals surface area contributed by atoms with Crippen molar-refractivity contribution in [3.8, 4) is 12.3 Å². The second-order valence-electron chi connectivity index (χ2n) is 2.75. The number of hydrogen-bond donors (Lipinski definition) is 1. The van der Waals surface area contributed by atoms with Crippen molar-refractivity contribution < 1.29 is 24.1 Å². The summed E-state index contributed by atoms with van der Waals surface area (Å²) in [5.41, 5.74) is 0. The van der Waals surface area contributed by atoms with Gasteiger partial charge in [-0.15, -0.1) is 6.42 Å². The molecule has 0 saturated carbocycles. The first kappa shape index (κ1) is 15.4. The van der Waals surface area contributed by atoms with E-state index in [4.69, 9.17) is 25.7 Å². The Kier molecular flexibility index (Phi) is 10.5. The van der Waals surface area contributed by atoms with Crippen LogP contribution < -0.4 is 0 Å². The molecule has 0 heterocycles. The van der Waals surface area contributed by atoms with Gasteiger partial charge in [0.05, 0.1) is 33.0 Å². The van der Waals surface area contributed by atoms with Gasteiger partial charge in [0, 0.05) is 0 Å². The number of ether oxygens (including phenoxy) is 3. The van der Waals surface area contributed by atoms with Crippen molar-refractivity contribution in [1.82, 2.24) is 0 Å². The van der Waals surface area contributed by atoms with Crippen molar-refractivity contribution in [3.05, 3.63) is 0 Å². The van der Waals surface area contributed by atoms with Gasteiger partial charge in [0.15, 0.2) is 0 Å². The molecule has 6 heteroatoms. The quantitative estimate of drug-likeness (QED) is 0.361. The molecule has 16 heavy (non-hydrogen) atoms. The molecule has 0 saturated heterocycles. The molecular formula is C10H15BrO5. The number of hydrogen-bond acceptors (Lipinski definition) is 4. The second-order valence-corrected chi connectivity index (χ2v) is 3.86. The van der Waals surface area contributed by atoms with Crippen molar-refractivity contribution in [1.29, 1.82) is 0 Å². The molecule has 0 radical (unpaired) electrons. The maximum atomic E-state index is 10.4. The van der Waals surface area contributed by atoms with E-state index < -0.39 is 10.8 Å². The van der Waals surface area contributed by atoms with Gasteiger partial charge in [0.2, 0.25) is 0 Å². The van der Waals surface area contributed by atoms with Crippen LogP contribution in [0.3, 0.4) is 0 Å². The molecule has 0 spiro atoms. The van der Waals surface area contributed by atoms with Crippen LogP contribution in [0.5, 0.6) is 0 Å². The third-order valence-corrected chi connectivity index (χ3v) is 2.12. The van der Waals surface area contributed by atoms with E-state index in [0.29, 0.717) is 26.4 Å². The Balaban J connectivity index is 3.10. The first-order chi connectivity index (χ1) is 7.68. The van der Waals surface area contributed by atoms with Crippen LogP contribution in [0.1, 0.15) is 0 Å². The van der Waals surface area contributed by atoms with Gasteiger partial charge in [-0.3, -0.25) is 4.79 Å². The van der Waals surface area contributed by atoms with Crippen LogP contribution in [0.2, 0.25) is 0 Å². The van der Waals surface area contributed by atoms with E-state index in [2.05, 4.69) is 21.9 Å². The summed E-state index contributed by atoms with van der Waals surface area (Å²) in [6.07, 6.45) is 4.97. The molecule has 1 unspecified atom stereocenters. The van der Waals surface area contributed by atoms with E-state index in [9.17, 15) is 4.79 Å². The number of alkyl halides is 1. The van der Waals surface area contributed by atoms with Gasteiger partial charge in [-0.2, -0.15) is 0 Å². The Labute approximate surface area is 103 Å². The van der Waals surface area contributed by atoms with Crippen LogP contribution in [0, 0.1) is 12.3 Å². The number of carbonyl (C=O) groups is 1. The van der Waals surface area contributed by atoms with Crippen LogP contribution >= 0.6 is 15.9 Å². The zero-order chi connectivity index (χ0) is 12.2. The summed E-state index contributed by atoms with van der Waals surface area (Å²) in [5.74, 6) is 1.40. The number of halogens is 1. The van der Waals surface area contributed by atoms with Crippen molar-refractivity contribution in [2.24, 2.45) is 0 Å². The molecule has 0 aromatic heterocycles. The van der Waals surface area contributed by atoms with Crippen molar-refractivity contribution >= 4 is 21.9 Å². The molecule has 0 aliphatic carbocycles. The summed E-state index contributed by atoms with van der Waals surface area (Å²) >= 11 is 2.95. The van der Waals surface area contributed by atoms with Crippen LogP contribution in [-0.2, 0) is 19.0 Å². The molecule has 0 amide bonds. The predicted octanol–water partition coefficient (Wildman–Crippen LogP) is 0.518. The lowest BCUT2D eigenvalue weighted by Gasteiger charge is -2.07. The molecular weight excluding hydrogens is 280 g/mol. The van der Waals surface area contributed by atoms with Crippen molar-refractivity contribution in [2.75, 3.05) is 39.6 Å². The zero-order valence-electron chi connectivity index (χ0n) is 8.86. The molecule has 0 aliphatic heterocycles. The average Bonchev–Trinajstić information content (AvgIpc) is 2.26. The van der Waals surface area contributed by atoms with Crippen LogP contribution in [-0.4, -0.2) is 55.5 Å². The zero-order valence-corrected chi connectivity index (χ0v) is 10.4. The van der Waals surface area contributed by atoms with E-state index in [0.717, 1.165) is 0 Å². The van der Waals surface area contributed by atoms with Crippen LogP contribution in [0.15, 0.2) is 0 Å². The largest absolute Gasteiger partial charge is 0.480 e. The topological polar surface area (TPSA) is 65.0 Å². The van der Waals surface area contributed by atoms with E-state index in [1.165, 1.54) is 0 Å². The summed E-state index contributed by atoms with van der Waals surface area (Å²) in [6.45, 7) is 2.04. The molecule has 5 nitrogen and oxygen atoms in total. The number of carboxylic acid groups (broad SMARTS) is 1. The lowest BCUT2D eigenvalue weighted by molar-refractivity contribution is -0.137. The van der Waals surface area contributed by atoms with Crippen molar-refractivity contribution in [3.63, 3.8) is 0 Å². The fraction of sp³-hybridized carbons (Fsp3) is 0.700. The first-order valence-electron chi connectivity index (χ1n) is 4.72. The minimum absolute atomic E-state index is 0.117. The standard InChI is InChI=1S/C10H15BrO5/c1-2-3-14-4-5-15-6-7-16-8-9(11)10(12)13/h1,9H,3-8H2,(H,12,13). The summed E-state index contributed by atoms with van der Waals surface area (Å²) in [5, 5.41) is 8.51. The third-order valence-electron chi connectivity index (χ3n) is 1.46. The van der Waals surface area contributed by atoms with Gasteiger partial charge < -0.3 is 19.3 Å². The molecule has 0 aliphatic rings. The first-order valence-corrected chi connectivity index (χ1v) is 5.63.